The Morgan fingerprint density at radius 1 is 1.09 bits per heavy atom. The number of nitrogens with zero attached hydrogens (tertiary/aromatic N) is 3. The first kappa shape index (κ1) is 23.5. The zero-order chi connectivity index (χ0) is 24.2. The quantitative estimate of drug-likeness (QED) is 0.556. The van der Waals surface area contributed by atoms with Crippen molar-refractivity contribution in [1.82, 2.24) is 14.5 Å². The molecule has 34 heavy (non-hydrogen) atoms. The number of primary amides is 1. The van der Waals surface area contributed by atoms with Crippen LogP contribution in [0.2, 0.25) is 0 Å². The Bertz CT molecular complexity index is 1230. The number of nitrogens with one attached hydrogen (secondary N) is 1. The van der Waals surface area contributed by atoms with Crippen molar-refractivity contribution in [3.8, 4) is 0 Å². The number of hydrogen-bond acceptors (Lipinski definition) is 4. The number of carbonyl (C=O) groups excluding carboxylic acids is 3. The van der Waals surface area contributed by atoms with E-state index in [1.807, 2.05) is 37.1 Å². The molecule has 0 spiro atoms. The minimum absolute atomic E-state index is 0.0363. The highest BCUT2D eigenvalue weighted by Gasteiger charge is 2.24. The van der Waals surface area contributed by atoms with Gasteiger partial charge in [-0.2, -0.15) is 0 Å². The number of fused-ring (bicyclic) bond motifs is 1. The van der Waals surface area contributed by atoms with Gasteiger partial charge in [-0.15, -0.1) is 0 Å². The highest BCUT2D eigenvalue weighted by atomic mass is 16.2. The smallest absolute Gasteiger partial charge is 0.257 e. The first-order valence-corrected chi connectivity index (χ1v) is 11.8. The number of anilines is 1. The molecule has 3 aromatic rings. The van der Waals surface area contributed by atoms with Crippen LogP contribution in [0, 0.1) is 6.92 Å². The van der Waals surface area contributed by atoms with Gasteiger partial charge in [0.25, 0.3) is 11.8 Å². The normalized spacial score (nSPS) is 14.2. The maximum Gasteiger partial charge on any atom is 0.257 e. The summed E-state index contributed by atoms with van der Waals surface area (Å²) < 4.78 is 1.76. The van der Waals surface area contributed by atoms with E-state index in [0.717, 1.165) is 36.8 Å². The van der Waals surface area contributed by atoms with Crippen LogP contribution in [0.4, 0.5) is 5.95 Å². The number of carbonyl (C=O) groups is 3. The molecule has 0 saturated heterocycles. The molecule has 1 fully saturated rings. The van der Waals surface area contributed by atoms with Crippen molar-refractivity contribution in [1.29, 1.82) is 0 Å². The average Bonchev–Trinajstić information content (AvgIpc) is 3.18. The van der Waals surface area contributed by atoms with Gasteiger partial charge in [0.05, 0.1) is 11.0 Å². The lowest BCUT2D eigenvalue weighted by molar-refractivity contribution is -0.118. The van der Waals surface area contributed by atoms with Gasteiger partial charge < -0.3 is 15.2 Å². The predicted octanol–water partition coefficient (Wildman–Crippen LogP) is 3.88. The zero-order valence-corrected chi connectivity index (χ0v) is 19.7. The van der Waals surface area contributed by atoms with Gasteiger partial charge in [-0.1, -0.05) is 37.0 Å². The Kier molecular flexibility index (Phi) is 6.95. The summed E-state index contributed by atoms with van der Waals surface area (Å²) in [7, 11) is 1.86. The number of amides is 3. The molecule has 8 nitrogen and oxygen atoms in total. The fraction of sp³-hybridized carbons (Fsp3) is 0.385. The van der Waals surface area contributed by atoms with Crippen LogP contribution in [0.5, 0.6) is 0 Å². The van der Waals surface area contributed by atoms with Gasteiger partial charge in [-0.3, -0.25) is 19.7 Å². The van der Waals surface area contributed by atoms with Crippen molar-refractivity contribution < 1.29 is 14.4 Å². The molecular formula is C26H31N5O3. The lowest BCUT2D eigenvalue weighted by Crippen LogP contribution is -2.38. The maximum atomic E-state index is 13.1. The summed E-state index contributed by atoms with van der Waals surface area (Å²) >= 11 is 0. The molecule has 1 aromatic heterocycles. The summed E-state index contributed by atoms with van der Waals surface area (Å²) in [6.07, 6.45) is 5.68. The Morgan fingerprint density at radius 3 is 2.56 bits per heavy atom. The van der Waals surface area contributed by atoms with Gasteiger partial charge in [0.15, 0.2) is 0 Å². The number of rotatable bonds is 7. The molecule has 0 radical (unpaired) electrons. The standard InChI is InChI=1S/C26H31N5O3/c1-17-7-6-8-18(15-17)24(33)29-26-28-21-16-19(11-12-22(21)31(26)14-13-23(27)32)25(34)30(2)20-9-4-3-5-10-20/h6-8,11-12,15-16,20H,3-5,9-10,13-14H2,1-2H3,(H2,27,32)(H,28,29,33). The monoisotopic (exact) mass is 461 g/mol. The van der Waals surface area contributed by atoms with E-state index in [9.17, 15) is 14.4 Å². The van der Waals surface area contributed by atoms with E-state index < -0.39 is 5.91 Å². The van der Waals surface area contributed by atoms with Gasteiger partial charge in [-0.25, -0.2) is 4.98 Å². The fourth-order valence-electron chi connectivity index (χ4n) is 4.60. The lowest BCUT2D eigenvalue weighted by atomic mass is 9.94. The average molecular weight is 462 g/mol. The largest absolute Gasteiger partial charge is 0.370 e. The van der Waals surface area contributed by atoms with Crippen LogP contribution in [-0.2, 0) is 11.3 Å². The van der Waals surface area contributed by atoms with Crippen molar-refractivity contribution in [2.24, 2.45) is 5.73 Å². The maximum absolute atomic E-state index is 13.1. The molecule has 1 aliphatic rings. The summed E-state index contributed by atoms with van der Waals surface area (Å²) in [5.41, 5.74) is 8.70. The second-order valence-electron chi connectivity index (χ2n) is 9.04. The third-order valence-electron chi connectivity index (χ3n) is 6.53. The fourth-order valence-corrected chi connectivity index (χ4v) is 4.60. The molecule has 0 atom stereocenters. The van der Waals surface area contributed by atoms with Gasteiger partial charge in [0.2, 0.25) is 11.9 Å². The van der Waals surface area contributed by atoms with Crippen molar-refractivity contribution in [3.63, 3.8) is 0 Å². The number of imidazole rings is 1. The lowest BCUT2D eigenvalue weighted by Gasteiger charge is -2.31. The Morgan fingerprint density at radius 2 is 1.85 bits per heavy atom. The molecule has 0 bridgehead atoms. The molecular weight excluding hydrogens is 430 g/mol. The summed E-state index contributed by atoms with van der Waals surface area (Å²) in [5.74, 6) is -0.467. The number of benzene rings is 2. The van der Waals surface area contributed by atoms with Crippen LogP contribution in [0.1, 0.15) is 64.8 Å². The second kappa shape index (κ2) is 10.1. The first-order valence-electron chi connectivity index (χ1n) is 11.8. The van der Waals surface area contributed by atoms with Gasteiger partial charge in [-0.05, 0) is 50.1 Å². The van der Waals surface area contributed by atoms with Gasteiger partial charge >= 0.3 is 0 Å². The topological polar surface area (TPSA) is 110 Å². The summed E-state index contributed by atoms with van der Waals surface area (Å²) in [6, 6.07) is 12.9. The van der Waals surface area contributed by atoms with Crippen LogP contribution < -0.4 is 11.1 Å². The molecule has 178 valence electrons. The van der Waals surface area contributed by atoms with E-state index in [2.05, 4.69) is 10.3 Å². The van der Waals surface area contributed by atoms with Crippen molar-refractivity contribution in [2.75, 3.05) is 12.4 Å². The zero-order valence-electron chi connectivity index (χ0n) is 19.7. The Balaban J connectivity index is 1.64. The Hall–Kier alpha value is -3.68. The van der Waals surface area contributed by atoms with Crippen LogP contribution in [0.25, 0.3) is 11.0 Å². The van der Waals surface area contributed by atoms with E-state index >= 15 is 0 Å². The molecule has 0 unspecified atom stereocenters. The highest BCUT2D eigenvalue weighted by molar-refractivity contribution is 6.04. The van der Waals surface area contributed by atoms with E-state index in [0.29, 0.717) is 22.6 Å². The molecule has 8 heteroatoms. The first-order chi connectivity index (χ1) is 16.3. The number of hydrogen-bond donors (Lipinski definition) is 2. The number of aromatic nitrogens is 2. The predicted molar refractivity (Wildman–Crippen MR) is 132 cm³/mol. The van der Waals surface area contributed by atoms with E-state index in [-0.39, 0.29) is 30.8 Å². The van der Waals surface area contributed by atoms with Crippen LogP contribution >= 0.6 is 0 Å². The molecule has 3 amide bonds. The highest BCUT2D eigenvalue weighted by Crippen LogP contribution is 2.26. The van der Waals surface area contributed by atoms with E-state index in [1.165, 1.54) is 6.42 Å². The summed E-state index contributed by atoms with van der Waals surface area (Å²) in [6.45, 7) is 2.19. The molecule has 2 aromatic carbocycles. The molecule has 4 rings (SSSR count). The van der Waals surface area contributed by atoms with Crippen molar-refractivity contribution in [3.05, 3.63) is 59.2 Å². The second-order valence-corrected chi connectivity index (χ2v) is 9.04. The van der Waals surface area contributed by atoms with Crippen LogP contribution in [-0.4, -0.2) is 45.3 Å². The molecule has 1 aliphatic carbocycles. The molecule has 1 heterocycles. The van der Waals surface area contributed by atoms with Crippen LogP contribution in [0.15, 0.2) is 42.5 Å². The minimum atomic E-state index is -0.446. The van der Waals surface area contributed by atoms with Crippen molar-refractivity contribution >= 4 is 34.7 Å². The van der Waals surface area contributed by atoms with Gasteiger partial charge in [0.1, 0.15) is 0 Å². The van der Waals surface area contributed by atoms with Crippen molar-refractivity contribution in [2.45, 2.75) is 58.0 Å². The summed E-state index contributed by atoms with van der Waals surface area (Å²) in [4.78, 5) is 43.9. The minimum Gasteiger partial charge on any atom is -0.370 e. The summed E-state index contributed by atoms with van der Waals surface area (Å²) in [5, 5.41) is 2.86. The van der Waals surface area contributed by atoms with Gasteiger partial charge in [0, 0.05) is 37.2 Å². The molecule has 3 N–H and O–H groups in total. The number of aryl methyl sites for hydroxylation is 2. The molecule has 0 aliphatic heterocycles. The molecule has 1 saturated carbocycles. The van der Waals surface area contributed by atoms with E-state index in [4.69, 9.17) is 5.73 Å². The SMILES string of the molecule is Cc1cccc(C(=O)Nc2nc3cc(C(=O)N(C)C4CCCCC4)ccc3n2CCC(N)=O)c1. The Labute approximate surface area is 199 Å². The third-order valence-corrected chi connectivity index (χ3v) is 6.53. The third kappa shape index (κ3) is 5.11. The van der Waals surface area contributed by atoms with Crippen LogP contribution in [0.3, 0.4) is 0 Å². The van der Waals surface area contributed by atoms with E-state index in [1.54, 1.807) is 28.8 Å². The number of nitrogens with two attached hydrogens (primary N) is 1.